The molecule has 2 aromatic heterocycles. The molecule has 28 heavy (non-hydrogen) atoms. The van der Waals surface area contributed by atoms with Crippen LogP contribution < -0.4 is 10.1 Å². The minimum absolute atomic E-state index is 0.0477. The Balaban J connectivity index is 1.48. The first-order valence-corrected chi connectivity index (χ1v) is 8.82. The van der Waals surface area contributed by atoms with E-state index in [4.69, 9.17) is 4.74 Å². The van der Waals surface area contributed by atoms with E-state index in [9.17, 15) is 9.18 Å². The van der Waals surface area contributed by atoms with Crippen LogP contribution in [0.5, 0.6) is 5.75 Å². The Labute approximate surface area is 161 Å². The number of halogens is 1. The zero-order valence-electron chi connectivity index (χ0n) is 15.2. The quantitative estimate of drug-likeness (QED) is 0.560. The van der Waals surface area contributed by atoms with Gasteiger partial charge in [0.1, 0.15) is 5.65 Å². The first-order valence-electron chi connectivity index (χ1n) is 8.82. The van der Waals surface area contributed by atoms with Crippen molar-refractivity contribution in [2.24, 2.45) is 0 Å². The molecule has 0 radical (unpaired) electrons. The zero-order valence-corrected chi connectivity index (χ0v) is 15.2. The van der Waals surface area contributed by atoms with Crippen LogP contribution in [0, 0.1) is 12.7 Å². The Hall–Kier alpha value is -3.67. The molecule has 0 saturated carbocycles. The number of ether oxygens (including phenoxy) is 1. The largest absolute Gasteiger partial charge is 0.481 e. The molecule has 1 amide bonds. The lowest BCUT2D eigenvalue weighted by Gasteiger charge is -2.09. The number of hydrogen-bond acceptors (Lipinski definition) is 3. The average molecular weight is 375 g/mol. The number of benzene rings is 2. The SMILES string of the molecule is Cc1cccn2cc(-c3cccc(NC(=O)COc4ccccc4F)c3)nc12. The molecule has 140 valence electrons. The van der Waals surface area contributed by atoms with Crippen molar-refractivity contribution in [3.8, 4) is 17.0 Å². The van der Waals surface area contributed by atoms with E-state index in [0.717, 1.165) is 22.5 Å². The minimum Gasteiger partial charge on any atom is -0.481 e. The van der Waals surface area contributed by atoms with Gasteiger partial charge < -0.3 is 14.5 Å². The summed E-state index contributed by atoms with van der Waals surface area (Å²) in [6.45, 7) is 1.73. The number of para-hydroxylation sites is 1. The number of nitrogens with one attached hydrogen (secondary N) is 1. The van der Waals surface area contributed by atoms with Crippen molar-refractivity contribution >= 4 is 17.2 Å². The number of nitrogens with zero attached hydrogens (tertiary/aromatic N) is 2. The van der Waals surface area contributed by atoms with E-state index in [1.165, 1.54) is 12.1 Å². The number of carbonyl (C=O) groups excluding carboxylic acids is 1. The Morgan fingerprint density at radius 1 is 1.14 bits per heavy atom. The summed E-state index contributed by atoms with van der Waals surface area (Å²) >= 11 is 0. The van der Waals surface area contributed by atoms with Gasteiger partial charge in [0.25, 0.3) is 5.91 Å². The molecule has 0 spiro atoms. The van der Waals surface area contributed by atoms with Crippen LogP contribution in [0.4, 0.5) is 10.1 Å². The molecule has 4 rings (SSSR count). The van der Waals surface area contributed by atoms with Crippen LogP contribution in [0.1, 0.15) is 5.56 Å². The predicted molar refractivity (Wildman–Crippen MR) is 106 cm³/mol. The summed E-state index contributed by atoms with van der Waals surface area (Å²) < 4.78 is 20.8. The van der Waals surface area contributed by atoms with E-state index in [-0.39, 0.29) is 18.3 Å². The second kappa shape index (κ2) is 7.52. The van der Waals surface area contributed by atoms with Gasteiger partial charge in [0.15, 0.2) is 18.2 Å². The molecule has 0 aliphatic carbocycles. The average Bonchev–Trinajstić information content (AvgIpc) is 3.13. The van der Waals surface area contributed by atoms with Crippen LogP contribution in [0.2, 0.25) is 0 Å². The third kappa shape index (κ3) is 3.71. The smallest absolute Gasteiger partial charge is 0.262 e. The summed E-state index contributed by atoms with van der Waals surface area (Å²) in [4.78, 5) is 16.8. The molecule has 6 heteroatoms. The van der Waals surface area contributed by atoms with E-state index < -0.39 is 5.82 Å². The van der Waals surface area contributed by atoms with Crippen LogP contribution in [-0.4, -0.2) is 21.9 Å². The normalized spacial score (nSPS) is 10.8. The fourth-order valence-corrected chi connectivity index (χ4v) is 2.95. The van der Waals surface area contributed by atoms with Crippen molar-refractivity contribution in [1.29, 1.82) is 0 Å². The monoisotopic (exact) mass is 375 g/mol. The molecule has 0 aliphatic rings. The van der Waals surface area contributed by atoms with Gasteiger partial charge in [0, 0.05) is 23.6 Å². The molecule has 0 bridgehead atoms. The summed E-state index contributed by atoms with van der Waals surface area (Å²) in [6, 6.07) is 17.4. The van der Waals surface area contributed by atoms with Gasteiger partial charge in [0.05, 0.1) is 5.69 Å². The summed E-state index contributed by atoms with van der Waals surface area (Å²) in [5.74, 6) is -0.822. The number of aromatic nitrogens is 2. The third-order valence-electron chi connectivity index (χ3n) is 4.32. The highest BCUT2D eigenvalue weighted by molar-refractivity contribution is 5.92. The fraction of sp³-hybridized carbons (Fsp3) is 0.0909. The number of fused-ring (bicyclic) bond motifs is 1. The van der Waals surface area contributed by atoms with Gasteiger partial charge in [-0.1, -0.05) is 30.3 Å². The van der Waals surface area contributed by atoms with Crippen LogP contribution in [0.15, 0.2) is 73.1 Å². The number of amides is 1. The van der Waals surface area contributed by atoms with Crippen molar-refractivity contribution in [2.75, 3.05) is 11.9 Å². The van der Waals surface area contributed by atoms with E-state index in [1.54, 1.807) is 18.2 Å². The fourth-order valence-electron chi connectivity index (χ4n) is 2.95. The number of aryl methyl sites for hydroxylation is 1. The third-order valence-corrected chi connectivity index (χ3v) is 4.32. The maximum atomic E-state index is 13.6. The molecule has 2 aromatic carbocycles. The van der Waals surface area contributed by atoms with Crippen LogP contribution >= 0.6 is 0 Å². The number of pyridine rings is 1. The molecule has 1 N–H and O–H groups in total. The van der Waals surface area contributed by atoms with Crippen molar-refractivity contribution in [3.05, 3.63) is 84.4 Å². The van der Waals surface area contributed by atoms with Gasteiger partial charge in [-0.25, -0.2) is 9.37 Å². The molecule has 4 aromatic rings. The van der Waals surface area contributed by atoms with E-state index in [1.807, 2.05) is 54.0 Å². The Kier molecular flexibility index (Phi) is 4.76. The van der Waals surface area contributed by atoms with Crippen molar-refractivity contribution in [1.82, 2.24) is 9.38 Å². The van der Waals surface area contributed by atoms with E-state index >= 15 is 0 Å². The maximum absolute atomic E-state index is 13.6. The van der Waals surface area contributed by atoms with Crippen molar-refractivity contribution in [2.45, 2.75) is 6.92 Å². The van der Waals surface area contributed by atoms with Crippen LogP contribution in [0.25, 0.3) is 16.9 Å². The van der Waals surface area contributed by atoms with Crippen molar-refractivity contribution in [3.63, 3.8) is 0 Å². The molecular formula is C22H18FN3O2. The summed E-state index contributed by atoms with van der Waals surface area (Å²) in [6.07, 6.45) is 3.90. The van der Waals surface area contributed by atoms with Gasteiger partial charge in [-0.3, -0.25) is 4.79 Å². The van der Waals surface area contributed by atoms with Gasteiger partial charge in [-0.2, -0.15) is 0 Å². The minimum atomic E-state index is -0.501. The highest BCUT2D eigenvalue weighted by Gasteiger charge is 2.09. The van der Waals surface area contributed by atoms with E-state index in [0.29, 0.717) is 5.69 Å². The first-order chi connectivity index (χ1) is 13.6. The van der Waals surface area contributed by atoms with Gasteiger partial charge in [-0.05, 0) is 42.8 Å². The molecular weight excluding hydrogens is 357 g/mol. The molecule has 5 nitrogen and oxygen atoms in total. The van der Waals surface area contributed by atoms with Gasteiger partial charge in [0.2, 0.25) is 0 Å². The summed E-state index contributed by atoms with van der Waals surface area (Å²) in [5, 5.41) is 2.77. The van der Waals surface area contributed by atoms with E-state index in [2.05, 4.69) is 10.3 Å². The standard InChI is InChI=1S/C22H18FN3O2/c1-15-6-5-11-26-13-19(25-22(15)26)16-7-4-8-17(12-16)24-21(27)14-28-20-10-3-2-9-18(20)23/h2-13H,14H2,1H3,(H,24,27). The van der Waals surface area contributed by atoms with Gasteiger partial charge >= 0.3 is 0 Å². The lowest BCUT2D eigenvalue weighted by atomic mass is 10.1. The molecule has 0 unspecified atom stereocenters. The second-order valence-electron chi connectivity index (χ2n) is 6.40. The highest BCUT2D eigenvalue weighted by Crippen LogP contribution is 2.23. The molecule has 2 heterocycles. The number of hydrogen-bond donors (Lipinski definition) is 1. The second-order valence-corrected chi connectivity index (χ2v) is 6.40. The molecule has 0 atom stereocenters. The number of anilines is 1. The summed E-state index contributed by atoms with van der Waals surface area (Å²) in [5.41, 5.74) is 4.30. The molecule has 0 saturated heterocycles. The predicted octanol–water partition coefficient (Wildman–Crippen LogP) is 4.47. The maximum Gasteiger partial charge on any atom is 0.262 e. The first kappa shape index (κ1) is 17.7. The highest BCUT2D eigenvalue weighted by atomic mass is 19.1. The topological polar surface area (TPSA) is 55.6 Å². The Morgan fingerprint density at radius 3 is 2.82 bits per heavy atom. The number of carbonyl (C=O) groups is 1. The summed E-state index contributed by atoms with van der Waals surface area (Å²) in [7, 11) is 0. The lowest BCUT2D eigenvalue weighted by molar-refractivity contribution is -0.118. The van der Waals surface area contributed by atoms with Crippen LogP contribution in [-0.2, 0) is 4.79 Å². The number of imidazole rings is 1. The number of rotatable bonds is 5. The zero-order chi connectivity index (χ0) is 19.5. The van der Waals surface area contributed by atoms with Gasteiger partial charge in [-0.15, -0.1) is 0 Å². The van der Waals surface area contributed by atoms with Crippen LogP contribution in [0.3, 0.4) is 0 Å². The molecule has 0 aliphatic heterocycles. The Morgan fingerprint density at radius 2 is 2.00 bits per heavy atom. The van der Waals surface area contributed by atoms with Crippen molar-refractivity contribution < 1.29 is 13.9 Å². The Bertz CT molecular complexity index is 1150. The lowest BCUT2D eigenvalue weighted by Crippen LogP contribution is -2.20. The molecule has 0 fully saturated rings.